The van der Waals surface area contributed by atoms with Crippen LogP contribution in [0.3, 0.4) is 0 Å². The lowest BCUT2D eigenvalue weighted by molar-refractivity contribution is -0.122. The minimum Gasteiger partial charge on any atom is -0.375 e. The van der Waals surface area contributed by atoms with Crippen molar-refractivity contribution in [3.8, 4) is 0 Å². The lowest BCUT2D eigenvalue weighted by Crippen LogP contribution is -2.30. The Morgan fingerprint density at radius 2 is 2.05 bits per heavy atom. The van der Waals surface area contributed by atoms with Crippen LogP contribution in [0.25, 0.3) is 0 Å². The second kappa shape index (κ2) is 7.44. The molecule has 20 heavy (non-hydrogen) atoms. The molecule has 1 aliphatic carbocycles. The fraction of sp³-hybridized carbons (Fsp3) is 0.588. The summed E-state index contributed by atoms with van der Waals surface area (Å²) in [5.74, 6) is 0.752. The predicted octanol–water partition coefficient (Wildman–Crippen LogP) is 3.38. The third-order valence-corrected chi connectivity index (χ3v) is 4.25. The van der Waals surface area contributed by atoms with Crippen molar-refractivity contribution in [2.75, 3.05) is 13.7 Å². The molecule has 1 aliphatic rings. The van der Waals surface area contributed by atoms with Crippen LogP contribution in [0.15, 0.2) is 24.3 Å². The molecule has 0 heterocycles. The van der Waals surface area contributed by atoms with Gasteiger partial charge in [0.05, 0.1) is 6.10 Å². The molecule has 1 saturated carbocycles. The maximum Gasteiger partial charge on any atom is 0.220 e. The first-order valence-corrected chi connectivity index (χ1v) is 7.55. The standard InChI is InChI=1S/C17H25NO2/c1-13-7-3-6-10-15(13)16(20-2)12-18-17(19)11-14-8-4-5-9-14/h3,6-7,10,14,16H,4-5,8-9,11-12H2,1-2H3,(H,18,19). The van der Waals surface area contributed by atoms with Gasteiger partial charge in [-0.3, -0.25) is 4.79 Å². The molecule has 3 heteroatoms. The summed E-state index contributed by atoms with van der Waals surface area (Å²) in [6.07, 6.45) is 5.58. The Labute approximate surface area is 121 Å². The maximum absolute atomic E-state index is 12.0. The SMILES string of the molecule is COC(CNC(=O)CC1CCCC1)c1ccccc1C. The largest absolute Gasteiger partial charge is 0.375 e. The van der Waals surface area contributed by atoms with Gasteiger partial charge in [-0.15, -0.1) is 0 Å². The number of benzene rings is 1. The summed E-state index contributed by atoms with van der Waals surface area (Å²) in [6.45, 7) is 2.62. The van der Waals surface area contributed by atoms with Gasteiger partial charge in [0.1, 0.15) is 0 Å². The van der Waals surface area contributed by atoms with Crippen molar-refractivity contribution in [1.82, 2.24) is 5.32 Å². The van der Waals surface area contributed by atoms with E-state index in [-0.39, 0.29) is 12.0 Å². The molecule has 0 bridgehead atoms. The molecule has 0 radical (unpaired) electrons. The highest BCUT2D eigenvalue weighted by Crippen LogP contribution is 2.27. The van der Waals surface area contributed by atoms with Gasteiger partial charge in [-0.1, -0.05) is 37.1 Å². The lowest BCUT2D eigenvalue weighted by atomic mass is 10.0. The van der Waals surface area contributed by atoms with E-state index in [0.717, 1.165) is 5.56 Å². The Hall–Kier alpha value is -1.35. The minimum absolute atomic E-state index is 0.0660. The molecule has 0 spiro atoms. The molecule has 2 rings (SSSR count). The van der Waals surface area contributed by atoms with E-state index in [4.69, 9.17) is 4.74 Å². The van der Waals surface area contributed by atoms with Crippen molar-refractivity contribution < 1.29 is 9.53 Å². The third kappa shape index (κ3) is 4.07. The smallest absolute Gasteiger partial charge is 0.220 e. The third-order valence-electron chi connectivity index (χ3n) is 4.25. The molecule has 1 aromatic rings. The quantitative estimate of drug-likeness (QED) is 0.864. The Morgan fingerprint density at radius 3 is 2.70 bits per heavy atom. The molecule has 0 aliphatic heterocycles. The van der Waals surface area contributed by atoms with Gasteiger partial charge in [-0.05, 0) is 36.8 Å². The zero-order chi connectivity index (χ0) is 14.4. The number of hydrogen-bond acceptors (Lipinski definition) is 2. The van der Waals surface area contributed by atoms with Gasteiger partial charge in [0, 0.05) is 20.1 Å². The highest BCUT2D eigenvalue weighted by molar-refractivity contribution is 5.76. The number of methoxy groups -OCH3 is 1. The number of carbonyl (C=O) groups excluding carboxylic acids is 1. The van der Waals surface area contributed by atoms with Gasteiger partial charge in [-0.25, -0.2) is 0 Å². The number of aryl methyl sites for hydroxylation is 1. The summed E-state index contributed by atoms with van der Waals surface area (Å²) in [6, 6.07) is 8.16. The van der Waals surface area contributed by atoms with Crippen LogP contribution in [0.4, 0.5) is 0 Å². The van der Waals surface area contributed by atoms with Crippen molar-refractivity contribution in [1.29, 1.82) is 0 Å². The average molecular weight is 275 g/mol. The Bertz CT molecular complexity index is 438. The van der Waals surface area contributed by atoms with E-state index in [9.17, 15) is 4.79 Å². The van der Waals surface area contributed by atoms with Crippen LogP contribution in [0, 0.1) is 12.8 Å². The van der Waals surface area contributed by atoms with Crippen LogP contribution >= 0.6 is 0 Å². The van der Waals surface area contributed by atoms with Gasteiger partial charge < -0.3 is 10.1 Å². The first-order chi connectivity index (χ1) is 9.70. The number of carbonyl (C=O) groups is 1. The summed E-state index contributed by atoms with van der Waals surface area (Å²) in [4.78, 5) is 12.0. The van der Waals surface area contributed by atoms with Crippen LogP contribution < -0.4 is 5.32 Å². The number of rotatable bonds is 6. The van der Waals surface area contributed by atoms with E-state index >= 15 is 0 Å². The monoisotopic (exact) mass is 275 g/mol. The molecule has 3 nitrogen and oxygen atoms in total. The van der Waals surface area contributed by atoms with Crippen LogP contribution in [0.2, 0.25) is 0 Å². The zero-order valence-corrected chi connectivity index (χ0v) is 12.5. The summed E-state index contributed by atoms with van der Waals surface area (Å²) < 4.78 is 5.52. The first-order valence-electron chi connectivity index (χ1n) is 7.55. The van der Waals surface area contributed by atoms with E-state index in [0.29, 0.717) is 18.9 Å². The molecule has 1 atom stereocenters. The Balaban J connectivity index is 1.84. The summed E-state index contributed by atoms with van der Waals surface area (Å²) in [5, 5.41) is 3.02. The number of hydrogen-bond donors (Lipinski definition) is 1. The van der Waals surface area contributed by atoms with Gasteiger partial charge in [0.25, 0.3) is 0 Å². The molecule has 1 amide bonds. The average Bonchev–Trinajstić information content (AvgIpc) is 2.94. The van der Waals surface area contributed by atoms with E-state index in [1.54, 1.807) is 7.11 Å². The van der Waals surface area contributed by atoms with Crippen LogP contribution in [-0.2, 0) is 9.53 Å². The van der Waals surface area contributed by atoms with Gasteiger partial charge in [0.15, 0.2) is 0 Å². The molecule has 0 saturated heterocycles. The number of ether oxygens (including phenoxy) is 1. The second-order valence-corrected chi connectivity index (χ2v) is 5.74. The molecule has 1 fully saturated rings. The molecular weight excluding hydrogens is 250 g/mol. The molecule has 1 unspecified atom stereocenters. The first kappa shape index (κ1) is 15.0. The molecule has 0 aromatic heterocycles. The second-order valence-electron chi connectivity index (χ2n) is 5.74. The van der Waals surface area contributed by atoms with Crippen molar-refractivity contribution >= 4 is 5.91 Å². The Morgan fingerprint density at radius 1 is 1.35 bits per heavy atom. The normalized spacial score (nSPS) is 17.1. The fourth-order valence-corrected chi connectivity index (χ4v) is 3.02. The fourth-order valence-electron chi connectivity index (χ4n) is 3.02. The summed E-state index contributed by atoms with van der Waals surface area (Å²) in [5.41, 5.74) is 2.35. The zero-order valence-electron chi connectivity index (χ0n) is 12.5. The van der Waals surface area contributed by atoms with Crippen LogP contribution in [0.1, 0.15) is 49.3 Å². The summed E-state index contributed by atoms with van der Waals surface area (Å²) in [7, 11) is 1.69. The number of nitrogens with one attached hydrogen (secondary N) is 1. The molecule has 1 N–H and O–H groups in total. The molecule has 1 aromatic carbocycles. The van der Waals surface area contributed by atoms with Gasteiger partial charge >= 0.3 is 0 Å². The van der Waals surface area contributed by atoms with Crippen molar-refractivity contribution in [2.45, 2.75) is 45.1 Å². The summed E-state index contributed by atoms with van der Waals surface area (Å²) >= 11 is 0. The van der Waals surface area contributed by atoms with Crippen LogP contribution in [0.5, 0.6) is 0 Å². The highest BCUT2D eigenvalue weighted by Gasteiger charge is 2.19. The van der Waals surface area contributed by atoms with Crippen molar-refractivity contribution in [3.05, 3.63) is 35.4 Å². The Kier molecular flexibility index (Phi) is 5.60. The topological polar surface area (TPSA) is 38.3 Å². The van der Waals surface area contributed by atoms with Gasteiger partial charge in [-0.2, -0.15) is 0 Å². The lowest BCUT2D eigenvalue weighted by Gasteiger charge is -2.19. The van der Waals surface area contributed by atoms with E-state index in [1.165, 1.54) is 31.2 Å². The van der Waals surface area contributed by atoms with Crippen molar-refractivity contribution in [2.24, 2.45) is 5.92 Å². The van der Waals surface area contributed by atoms with E-state index < -0.39 is 0 Å². The van der Waals surface area contributed by atoms with E-state index in [1.807, 2.05) is 12.1 Å². The van der Waals surface area contributed by atoms with E-state index in [2.05, 4.69) is 24.4 Å². The van der Waals surface area contributed by atoms with Gasteiger partial charge in [0.2, 0.25) is 5.91 Å². The number of amides is 1. The van der Waals surface area contributed by atoms with Crippen LogP contribution in [-0.4, -0.2) is 19.6 Å². The molecular formula is C17H25NO2. The van der Waals surface area contributed by atoms with Crippen molar-refractivity contribution in [3.63, 3.8) is 0 Å². The predicted molar refractivity (Wildman–Crippen MR) is 80.5 cm³/mol. The highest BCUT2D eigenvalue weighted by atomic mass is 16.5. The minimum atomic E-state index is -0.0660. The molecule has 110 valence electrons. The maximum atomic E-state index is 12.0.